The fourth-order valence-electron chi connectivity index (χ4n) is 1.90. The SMILES string of the molecule is N#C[C@@H]1CCOCC1n1cc(C(N)=O)c(N)n1. The van der Waals surface area contributed by atoms with Crippen LogP contribution in [0.2, 0.25) is 0 Å². The van der Waals surface area contributed by atoms with Gasteiger partial charge in [-0.3, -0.25) is 9.48 Å². The number of carbonyl (C=O) groups is 1. The smallest absolute Gasteiger partial charge is 0.254 e. The molecule has 2 rings (SSSR count). The van der Waals surface area contributed by atoms with Gasteiger partial charge >= 0.3 is 0 Å². The van der Waals surface area contributed by atoms with Crippen molar-refractivity contribution in [1.29, 1.82) is 5.26 Å². The summed E-state index contributed by atoms with van der Waals surface area (Å²) >= 11 is 0. The molecule has 0 bridgehead atoms. The van der Waals surface area contributed by atoms with E-state index in [1.807, 2.05) is 0 Å². The van der Waals surface area contributed by atoms with Crippen LogP contribution in [0.4, 0.5) is 5.82 Å². The molecule has 0 saturated carbocycles. The zero-order chi connectivity index (χ0) is 12.4. The molecule has 1 aromatic rings. The lowest BCUT2D eigenvalue weighted by Crippen LogP contribution is -2.29. The van der Waals surface area contributed by atoms with E-state index in [1.165, 1.54) is 10.9 Å². The number of anilines is 1. The van der Waals surface area contributed by atoms with Gasteiger partial charge in [0, 0.05) is 12.8 Å². The van der Waals surface area contributed by atoms with Crippen molar-refractivity contribution in [1.82, 2.24) is 9.78 Å². The third-order valence-corrected chi connectivity index (χ3v) is 2.86. The quantitative estimate of drug-likeness (QED) is 0.726. The Bertz CT molecular complexity index is 476. The average molecular weight is 235 g/mol. The molecule has 17 heavy (non-hydrogen) atoms. The topological polar surface area (TPSA) is 120 Å². The Morgan fingerprint density at radius 2 is 2.47 bits per heavy atom. The van der Waals surface area contributed by atoms with Crippen LogP contribution in [0, 0.1) is 17.2 Å². The largest absolute Gasteiger partial charge is 0.382 e. The summed E-state index contributed by atoms with van der Waals surface area (Å²) in [5, 5.41) is 13.1. The van der Waals surface area contributed by atoms with Crippen molar-refractivity contribution in [3.05, 3.63) is 11.8 Å². The number of hydrogen-bond acceptors (Lipinski definition) is 5. The molecule has 1 saturated heterocycles. The molecule has 1 aliphatic heterocycles. The van der Waals surface area contributed by atoms with Gasteiger partial charge in [0.2, 0.25) is 0 Å². The number of nitrogens with two attached hydrogens (primary N) is 2. The first-order valence-corrected chi connectivity index (χ1v) is 5.25. The Morgan fingerprint density at radius 3 is 3.06 bits per heavy atom. The first kappa shape index (κ1) is 11.4. The fraction of sp³-hybridized carbons (Fsp3) is 0.500. The predicted molar refractivity (Wildman–Crippen MR) is 58.7 cm³/mol. The summed E-state index contributed by atoms with van der Waals surface area (Å²) in [7, 11) is 0. The molecule has 1 aromatic heterocycles. The molecule has 7 heteroatoms. The van der Waals surface area contributed by atoms with Gasteiger partial charge in [-0.2, -0.15) is 10.4 Å². The molecule has 7 nitrogen and oxygen atoms in total. The minimum absolute atomic E-state index is 0.0831. The maximum atomic E-state index is 11.1. The Kier molecular flexibility index (Phi) is 2.97. The van der Waals surface area contributed by atoms with Gasteiger partial charge in [-0.1, -0.05) is 0 Å². The molecule has 0 spiro atoms. The number of nitriles is 1. The Balaban J connectivity index is 2.30. The molecule has 2 heterocycles. The van der Waals surface area contributed by atoms with Crippen LogP contribution in [0.3, 0.4) is 0 Å². The van der Waals surface area contributed by atoms with Crippen LogP contribution in [0.1, 0.15) is 22.8 Å². The first-order valence-electron chi connectivity index (χ1n) is 5.25. The van der Waals surface area contributed by atoms with Gasteiger partial charge in [-0.05, 0) is 6.42 Å². The maximum absolute atomic E-state index is 11.1. The molecular weight excluding hydrogens is 222 g/mol. The average Bonchev–Trinajstić information content (AvgIpc) is 2.71. The Morgan fingerprint density at radius 1 is 1.71 bits per heavy atom. The molecular formula is C10H13N5O2. The van der Waals surface area contributed by atoms with Crippen LogP contribution in [0.15, 0.2) is 6.20 Å². The van der Waals surface area contributed by atoms with E-state index in [0.29, 0.717) is 19.6 Å². The Labute approximate surface area is 97.9 Å². The van der Waals surface area contributed by atoms with Gasteiger partial charge < -0.3 is 16.2 Å². The lowest BCUT2D eigenvalue weighted by atomic mass is 9.97. The monoisotopic (exact) mass is 235 g/mol. The van der Waals surface area contributed by atoms with E-state index in [1.54, 1.807) is 0 Å². The van der Waals surface area contributed by atoms with Gasteiger partial charge in [0.15, 0.2) is 5.82 Å². The third-order valence-electron chi connectivity index (χ3n) is 2.86. The van der Waals surface area contributed by atoms with Crippen molar-refractivity contribution in [2.24, 2.45) is 11.7 Å². The number of rotatable bonds is 2. The van der Waals surface area contributed by atoms with E-state index in [9.17, 15) is 4.79 Å². The van der Waals surface area contributed by atoms with E-state index < -0.39 is 5.91 Å². The summed E-state index contributed by atoms with van der Waals surface area (Å²) in [5.74, 6) is -0.734. The highest BCUT2D eigenvalue weighted by Gasteiger charge is 2.29. The van der Waals surface area contributed by atoms with E-state index in [-0.39, 0.29) is 23.3 Å². The highest BCUT2D eigenvalue weighted by Crippen LogP contribution is 2.26. The molecule has 0 radical (unpaired) electrons. The minimum atomic E-state index is -0.626. The molecule has 90 valence electrons. The van der Waals surface area contributed by atoms with E-state index >= 15 is 0 Å². The number of aromatic nitrogens is 2. The third kappa shape index (κ3) is 2.07. The zero-order valence-electron chi connectivity index (χ0n) is 9.17. The standard InChI is InChI=1S/C10H13N5O2/c11-3-6-1-2-17-5-8(6)15-4-7(10(13)16)9(12)14-15/h4,6,8H,1-2,5H2,(H2,12,14)(H2,13,16)/t6-,8?/m0/s1. The normalized spacial score (nSPS) is 24.2. The van der Waals surface area contributed by atoms with Gasteiger partial charge in [0.25, 0.3) is 5.91 Å². The molecule has 1 aliphatic rings. The van der Waals surface area contributed by atoms with Crippen molar-refractivity contribution in [2.75, 3.05) is 18.9 Å². The predicted octanol–water partition coefficient (Wildman–Crippen LogP) is -0.335. The second kappa shape index (κ2) is 4.43. The lowest BCUT2D eigenvalue weighted by Gasteiger charge is -2.26. The second-order valence-electron chi connectivity index (χ2n) is 3.94. The molecule has 2 atom stereocenters. The number of nitrogen functional groups attached to an aromatic ring is 1. The zero-order valence-corrected chi connectivity index (χ0v) is 9.17. The lowest BCUT2D eigenvalue weighted by molar-refractivity contribution is 0.0342. The van der Waals surface area contributed by atoms with Gasteiger partial charge in [-0.15, -0.1) is 0 Å². The van der Waals surface area contributed by atoms with Crippen LogP contribution in [-0.4, -0.2) is 28.9 Å². The van der Waals surface area contributed by atoms with Crippen molar-refractivity contribution in [2.45, 2.75) is 12.5 Å². The summed E-state index contributed by atoms with van der Waals surface area (Å²) < 4.78 is 6.81. The van der Waals surface area contributed by atoms with Gasteiger partial charge in [0.05, 0.1) is 24.6 Å². The van der Waals surface area contributed by atoms with E-state index in [4.69, 9.17) is 21.5 Å². The highest BCUT2D eigenvalue weighted by molar-refractivity contribution is 5.96. The first-order chi connectivity index (χ1) is 8.13. The molecule has 0 aliphatic carbocycles. The van der Waals surface area contributed by atoms with E-state index in [2.05, 4.69) is 11.2 Å². The summed E-state index contributed by atoms with van der Waals surface area (Å²) in [5.41, 5.74) is 10.9. The van der Waals surface area contributed by atoms with Crippen LogP contribution < -0.4 is 11.5 Å². The minimum Gasteiger partial charge on any atom is -0.382 e. The number of nitrogens with zero attached hydrogens (tertiary/aromatic N) is 3. The highest BCUT2D eigenvalue weighted by atomic mass is 16.5. The van der Waals surface area contributed by atoms with Crippen LogP contribution in [-0.2, 0) is 4.74 Å². The van der Waals surface area contributed by atoms with E-state index in [0.717, 1.165) is 0 Å². The van der Waals surface area contributed by atoms with Crippen molar-refractivity contribution in [3.63, 3.8) is 0 Å². The second-order valence-corrected chi connectivity index (χ2v) is 3.94. The van der Waals surface area contributed by atoms with Gasteiger partial charge in [0.1, 0.15) is 5.56 Å². The number of hydrogen-bond donors (Lipinski definition) is 2. The number of primary amides is 1. The molecule has 4 N–H and O–H groups in total. The summed E-state index contributed by atoms with van der Waals surface area (Å²) in [6.07, 6.45) is 2.12. The van der Waals surface area contributed by atoms with Gasteiger partial charge in [-0.25, -0.2) is 0 Å². The van der Waals surface area contributed by atoms with Crippen LogP contribution in [0.25, 0.3) is 0 Å². The molecule has 0 aromatic carbocycles. The fourth-order valence-corrected chi connectivity index (χ4v) is 1.90. The van der Waals surface area contributed by atoms with Crippen molar-refractivity contribution in [3.8, 4) is 6.07 Å². The molecule has 1 fully saturated rings. The van der Waals surface area contributed by atoms with Crippen LogP contribution in [0.5, 0.6) is 0 Å². The summed E-state index contributed by atoms with van der Waals surface area (Å²) in [4.78, 5) is 11.1. The molecule has 1 unspecified atom stereocenters. The summed E-state index contributed by atoms with van der Waals surface area (Å²) in [6.45, 7) is 0.950. The summed E-state index contributed by atoms with van der Waals surface area (Å²) in [6, 6.07) is 1.99. The van der Waals surface area contributed by atoms with Crippen LogP contribution >= 0.6 is 0 Å². The number of carbonyl (C=O) groups excluding carboxylic acids is 1. The number of ether oxygens (including phenoxy) is 1. The van der Waals surface area contributed by atoms with Crippen molar-refractivity contribution < 1.29 is 9.53 Å². The van der Waals surface area contributed by atoms with Crippen molar-refractivity contribution >= 4 is 11.7 Å². The maximum Gasteiger partial charge on any atom is 0.254 e. The molecule has 1 amide bonds. The Hall–Kier alpha value is -2.07. The number of amides is 1.